The van der Waals surface area contributed by atoms with Crippen LogP contribution in [0.25, 0.3) is 17.3 Å². The number of Topliss-reactive ketones (excluding diaryl/α,β-unsaturated/α-hetero) is 1. The minimum absolute atomic E-state index is 0.144. The van der Waals surface area contributed by atoms with Crippen molar-refractivity contribution in [2.45, 2.75) is 45.7 Å². The number of hydrogen-bond donors (Lipinski definition) is 1. The van der Waals surface area contributed by atoms with E-state index in [1.807, 2.05) is 29.8 Å². The van der Waals surface area contributed by atoms with Crippen molar-refractivity contribution >= 4 is 28.8 Å². The van der Waals surface area contributed by atoms with Crippen molar-refractivity contribution in [2.75, 3.05) is 18.0 Å². The van der Waals surface area contributed by atoms with E-state index < -0.39 is 0 Å². The Morgan fingerprint density at radius 2 is 1.90 bits per heavy atom. The van der Waals surface area contributed by atoms with E-state index in [0.29, 0.717) is 29.8 Å². The van der Waals surface area contributed by atoms with Crippen LogP contribution in [0.15, 0.2) is 36.8 Å². The number of aryl methyl sites for hydroxylation is 2. The number of carbonyl (C=O) groups is 1. The molecule has 6 nitrogen and oxygen atoms in total. The molecule has 154 valence electrons. The van der Waals surface area contributed by atoms with Crippen molar-refractivity contribution in [3.8, 4) is 0 Å². The molecule has 0 amide bonds. The lowest BCUT2D eigenvalue weighted by atomic mass is 10.0. The standard InChI is InChI=1S/C24H27N5O/c1-15-11-29-14-22(27-24(29)10-25-15)21-9-19-4-6-20(8-18(19)5-7-23(21)30)28-12-16(2)26-17(3)13-28/h4,6,8-11,14,16-17,26H,5,7,12-13H2,1-3H3/t16-,17+. The summed E-state index contributed by atoms with van der Waals surface area (Å²) in [6, 6.07) is 7.54. The summed E-state index contributed by atoms with van der Waals surface area (Å²) in [6.07, 6.45) is 8.88. The lowest BCUT2D eigenvalue weighted by Crippen LogP contribution is -2.54. The second-order valence-electron chi connectivity index (χ2n) is 8.66. The van der Waals surface area contributed by atoms with Gasteiger partial charge < -0.3 is 14.6 Å². The highest BCUT2D eigenvalue weighted by atomic mass is 16.1. The Hall–Kier alpha value is -2.99. The van der Waals surface area contributed by atoms with Gasteiger partial charge in [-0.2, -0.15) is 0 Å². The summed E-state index contributed by atoms with van der Waals surface area (Å²) in [5.41, 5.74) is 6.67. The van der Waals surface area contributed by atoms with Crippen LogP contribution < -0.4 is 10.2 Å². The largest absolute Gasteiger partial charge is 0.368 e. The number of aromatic nitrogens is 3. The maximum Gasteiger partial charge on any atom is 0.165 e. The number of carbonyl (C=O) groups excluding carboxylic acids is 1. The van der Waals surface area contributed by atoms with E-state index in [2.05, 4.69) is 52.2 Å². The zero-order valence-corrected chi connectivity index (χ0v) is 17.7. The number of fused-ring (bicyclic) bond motifs is 2. The second-order valence-corrected chi connectivity index (χ2v) is 8.66. The van der Waals surface area contributed by atoms with Gasteiger partial charge in [-0.3, -0.25) is 9.78 Å². The van der Waals surface area contributed by atoms with Gasteiger partial charge in [-0.1, -0.05) is 6.07 Å². The molecule has 0 radical (unpaired) electrons. The molecule has 1 aliphatic carbocycles. The number of nitrogens with zero attached hydrogens (tertiary/aromatic N) is 4. The Morgan fingerprint density at radius 3 is 2.70 bits per heavy atom. The van der Waals surface area contributed by atoms with E-state index in [4.69, 9.17) is 0 Å². The fourth-order valence-corrected chi connectivity index (χ4v) is 4.65. The van der Waals surface area contributed by atoms with Crippen molar-refractivity contribution in [3.63, 3.8) is 0 Å². The molecule has 1 N–H and O–H groups in total. The third kappa shape index (κ3) is 3.52. The van der Waals surface area contributed by atoms with E-state index in [1.165, 1.54) is 11.3 Å². The molecule has 3 heterocycles. The van der Waals surface area contributed by atoms with Crippen molar-refractivity contribution in [2.24, 2.45) is 0 Å². The van der Waals surface area contributed by atoms with Crippen LogP contribution in [0.1, 0.15) is 42.8 Å². The first kappa shape index (κ1) is 19.0. The number of anilines is 1. The van der Waals surface area contributed by atoms with Gasteiger partial charge in [0.15, 0.2) is 11.4 Å². The molecule has 1 fully saturated rings. The topological polar surface area (TPSA) is 62.5 Å². The van der Waals surface area contributed by atoms with Crippen LogP contribution in [0.2, 0.25) is 0 Å². The molecule has 30 heavy (non-hydrogen) atoms. The molecule has 1 saturated heterocycles. The molecule has 5 rings (SSSR count). The zero-order chi connectivity index (χ0) is 20.8. The third-order valence-electron chi connectivity index (χ3n) is 6.02. The number of ketones is 1. The SMILES string of the molecule is Cc1cn2cc(C3=Cc4ccc(N5C[C@@H](C)N[C@@H](C)C5)cc4CCC3=O)nc2cn1. The number of nitrogens with one attached hydrogen (secondary N) is 1. The Balaban J connectivity index is 1.51. The summed E-state index contributed by atoms with van der Waals surface area (Å²) in [5, 5.41) is 3.59. The van der Waals surface area contributed by atoms with E-state index >= 15 is 0 Å². The molecule has 0 saturated carbocycles. The Morgan fingerprint density at radius 1 is 1.10 bits per heavy atom. The maximum atomic E-state index is 12.9. The third-order valence-corrected chi connectivity index (χ3v) is 6.02. The first-order valence-electron chi connectivity index (χ1n) is 10.7. The van der Waals surface area contributed by atoms with E-state index in [0.717, 1.165) is 36.4 Å². The maximum absolute atomic E-state index is 12.9. The number of rotatable bonds is 2. The van der Waals surface area contributed by atoms with Crippen LogP contribution in [0, 0.1) is 6.92 Å². The normalized spacial score (nSPS) is 22.0. The minimum atomic E-state index is 0.144. The van der Waals surface area contributed by atoms with E-state index in [1.54, 1.807) is 6.20 Å². The molecular weight excluding hydrogens is 374 g/mol. The predicted molar refractivity (Wildman–Crippen MR) is 120 cm³/mol. The number of hydrogen-bond acceptors (Lipinski definition) is 5. The molecule has 6 heteroatoms. The lowest BCUT2D eigenvalue weighted by molar-refractivity contribution is -0.113. The summed E-state index contributed by atoms with van der Waals surface area (Å²) in [5.74, 6) is 0.144. The Bertz CT molecular complexity index is 1150. The molecule has 0 bridgehead atoms. The molecular formula is C24H27N5O. The number of piperazine rings is 1. The molecule has 2 aromatic heterocycles. The molecule has 1 aliphatic heterocycles. The van der Waals surface area contributed by atoms with Crippen LogP contribution in [0.4, 0.5) is 5.69 Å². The highest BCUT2D eigenvalue weighted by Gasteiger charge is 2.24. The first-order valence-corrected chi connectivity index (χ1v) is 10.7. The average Bonchev–Trinajstić information content (AvgIpc) is 3.04. The van der Waals surface area contributed by atoms with Gasteiger partial charge in [0.1, 0.15) is 0 Å². The summed E-state index contributed by atoms with van der Waals surface area (Å²) in [6.45, 7) is 8.40. The Labute approximate surface area is 176 Å². The van der Waals surface area contributed by atoms with Crippen LogP contribution in [0.3, 0.4) is 0 Å². The number of allylic oxidation sites excluding steroid dienone is 1. The lowest BCUT2D eigenvalue weighted by Gasteiger charge is -2.38. The molecule has 2 aliphatic rings. The van der Waals surface area contributed by atoms with Gasteiger partial charge in [-0.15, -0.1) is 0 Å². The summed E-state index contributed by atoms with van der Waals surface area (Å²) >= 11 is 0. The summed E-state index contributed by atoms with van der Waals surface area (Å²) in [4.78, 5) is 24.3. The van der Waals surface area contributed by atoms with Crippen LogP contribution in [-0.2, 0) is 11.2 Å². The number of imidazole rings is 1. The molecule has 0 spiro atoms. The molecule has 1 aromatic carbocycles. The Kier molecular flexibility index (Phi) is 4.66. The van der Waals surface area contributed by atoms with Crippen LogP contribution in [-0.4, -0.2) is 45.3 Å². The van der Waals surface area contributed by atoms with Gasteiger partial charge >= 0.3 is 0 Å². The van der Waals surface area contributed by atoms with Crippen molar-refractivity contribution in [1.82, 2.24) is 19.7 Å². The molecule has 2 atom stereocenters. The molecule has 0 unspecified atom stereocenters. The first-order chi connectivity index (χ1) is 14.5. The van der Waals surface area contributed by atoms with Crippen LogP contribution >= 0.6 is 0 Å². The molecule has 3 aromatic rings. The average molecular weight is 402 g/mol. The fourth-order valence-electron chi connectivity index (χ4n) is 4.65. The van der Waals surface area contributed by atoms with Gasteiger partial charge in [0.25, 0.3) is 0 Å². The van der Waals surface area contributed by atoms with Gasteiger partial charge in [0, 0.05) is 55.2 Å². The van der Waals surface area contributed by atoms with Gasteiger partial charge in [0.2, 0.25) is 0 Å². The fraction of sp³-hybridized carbons (Fsp3) is 0.375. The quantitative estimate of drug-likeness (QED) is 0.714. The summed E-state index contributed by atoms with van der Waals surface area (Å²) < 4.78 is 1.94. The zero-order valence-electron chi connectivity index (χ0n) is 17.7. The highest BCUT2D eigenvalue weighted by molar-refractivity contribution is 6.25. The van der Waals surface area contributed by atoms with Crippen molar-refractivity contribution in [1.29, 1.82) is 0 Å². The highest BCUT2D eigenvalue weighted by Crippen LogP contribution is 2.30. The monoisotopic (exact) mass is 401 g/mol. The number of benzene rings is 1. The van der Waals surface area contributed by atoms with Gasteiger partial charge in [-0.05, 0) is 56.5 Å². The van der Waals surface area contributed by atoms with Crippen molar-refractivity contribution in [3.05, 3.63) is 59.3 Å². The van der Waals surface area contributed by atoms with Crippen molar-refractivity contribution < 1.29 is 4.79 Å². The smallest absolute Gasteiger partial charge is 0.165 e. The van der Waals surface area contributed by atoms with Gasteiger partial charge in [0.05, 0.1) is 17.6 Å². The second kappa shape index (κ2) is 7.36. The van der Waals surface area contributed by atoms with Crippen LogP contribution in [0.5, 0.6) is 0 Å². The predicted octanol–water partition coefficient (Wildman–Crippen LogP) is 3.28. The van der Waals surface area contributed by atoms with E-state index in [-0.39, 0.29) is 5.78 Å². The summed E-state index contributed by atoms with van der Waals surface area (Å²) in [7, 11) is 0. The van der Waals surface area contributed by atoms with Gasteiger partial charge in [-0.25, -0.2) is 4.98 Å². The minimum Gasteiger partial charge on any atom is -0.368 e. The van der Waals surface area contributed by atoms with E-state index in [9.17, 15) is 4.79 Å².